The van der Waals surface area contributed by atoms with Crippen LogP contribution >= 0.6 is 11.3 Å². The van der Waals surface area contributed by atoms with Crippen LogP contribution in [0.25, 0.3) is 10.8 Å². The van der Waals surface area contributed by atoms with Gasteiger partial charge in [0.2, 0.25) is 0 Å². The van der Waals surface area contributed by atoms with Gasteiger partial charge in [0.15, 0.2) is 5.13 Å². The van der Waals surface area contributed by atoms with E-state index in [1.54, 1.807) is 17.5 Å². The zero-order chi connectivity index (χ0) is 22.9. The molecule has 0 aliphatic heterocycles. The number of hydrogen-bond donors (Lipinski definition) is 3. The first-order chi connectivity index (χ1) is 15.1. The van der Waals surface area contributed by atoms with Gasteiger partial charge in [0.1, 0.15) is 4.90 Å². The normalized spacial score (nSPS) is 12.4. The molecule has 0 radical (unpaired) electrons. The third-order valence-corrected chi connectivity index (χ3v) is 7.43. The average Bonchev–Trinajstić information content (AvgIpc) is 3.25. The maximum atomic E-state index is 12.4. The number of nitrogens with one attached hydrogen (secondary N) is 1. The van der Waals surface area contributed by atoms with E-state index < -0.39 is 20.1 Å². The van der Waals surface area contributed by atoms with Gasteiger partial charge in [-0.1, -0.05) is 12.1 Å². The number of thiazole rings is 1. The van der Waals surface area contributed by atoms with Crippen molar-refractivity contribution in [2.24, 2.45) is 10.2 Å². The van der Waals surface area contributed by atoms with Crippen molar-refractivity contribution in [1.29, 1.82) is 0 Å². The number of hydrogen-bond acceptors (Lipinski definition) is 9. The van der Waals surface area contributed by atoms with Crippen molar-refractivity contribution < 1.29 is 21.4 Å². The maximum Gasteiger partial charge on any atom is 0.295 e. The van der Waals surface area contributed by atoms with Crippen molar-refractivity contribution in [3.8, 4) is 0 Å². The lowest BCUT2D eigenvalue weighted by molar-refractivity contribution is 0.484. The molecule has 1 aromatic heterocycles. The molecule has 0 unspecified atom stereocenters. The van der Waals surface area contributed by atoms with Gasteiger partial charge >= 0.3 is 0 Å². The summed E-state index contributed by atoms with van der Waals surface area (Å²) in [6.45, 7) is 0. The molecule has 0 saturated heterocycles. The van der Waals surface area contributed by atoms with Crippen LogP contribution in [0.3, 0.4) is 0 Å². The van der Waals surface area contributed by atoms with Crippen LogP contribution in [0.1, 0.15) is 0 Å². The summed E-state index contributed by atoms with van der Waals surface area (Å²) in [5.74, 6) is 0. The summed E-state index contributed by atoms with van der Waals surface area (Å²) in [5, 5.41) is 10.7. The van der Waals surface area contributed by atoms with E-state index in [0.717, 1.165) is 11.3 Å². The van der Waals surface area contributed by atoms with Gasteiger partial charge in [0.05, 0.1) is 16.3 Å². The molecule has 0 aliphatic carbocycles. The molecule has 4 rings (SSSR count). The highest BCUT2D eigenvalue weighted by Gasteiger charge is 2.18. The molecule has 0 amide bonds. The lowest BCUT2D eigenvalue weighted by atomic mass is 10.1. The number of aromatic nitrogens is 1. The minimum Gasteiger partial charge on any atom is -0.398 e. The fourth-order valence-electron chi connectivity index (χ4n) is 2.94. The number of azo groups is 1. The Balaban J connectivity index is 1.65. The second-order valence-corrected chi connectivity index (χ2v) is 10.4. The van der Waals surface area contributed by atoms with Crippen LogP contribution in [0.15, 0.2) is 86.2 Å². The molecule has 0 saturated carbocycles. The second kappa shape index (κ2) is 8.27. The fraction of sp³-hybridized carbons (Fsp3) is 0. The third kappa shape index (κ3) is 4.45. The lowest BCUT2D eigenvalue weighted by Gasteiger charge is -2.08. The Morgan fingerprint density at radius 1 is 0.969 bits per heavy atom. The van der Waals surface area contributed by atoms with Crippen LogP contribution in [0, 0.1) is 0 Å². The molecular weight excluding hydrogens is 474 g/mol. The van der Waals surface area contributed by atoms with Gasteiger partial charge in [0.25, 0.3) is 20.1 Å². The van der Waals surface area contributed by atoms with E-state index in [9.17, 15) is 21.4 Å². The maximum absolute atomic E-state index is 12.4. The summed E-state index contributed by atoms with van der Waals surface area (Å²) in [5.41, 5.74) is 6.77. The number of sulfonamides is 1. The lowest BCUT2D eigenvalue weighted by Crippen LogP contribution is -2.12. The quantitative estimate of drug-likeness (QED) is 0.206. The predicted octanol–water partition coefficient (Wildman–Crippen LogP) is 4.34. The number of rotatable bonds is 6. The standard InChI is InChI=1S/C19H15N5O5S3/c20-15-8-9-16(14-2-1-3-17(18(14)15)32(27,28)29)23-22-12-4-6-13(7-5-12)31(25,26)24-19-21-10-11-30-19/h1-11H,20H2,(H,21,24)(H,27,28,29). The predicted molar refractivity (Wildman–Crippen MR) is 122 cm³/mol. The zero-order valence-electron chi connectivity index (χ0n) is 16.1. The molecule has 0 aliphatic rings. The van der Waals surface area contributed by atoms with Gasteiger partial charge in [-0.3, -0.25) is 9.27 Å². The summed E-state index contributed by atoms with van der Waals surface area (Å²) in [4.78, 5) is 3.60. The largest absolute Gasteiger partial charge is 0.398 e. The van der Waals surface area contributed by atoms with E-state index >= 15 is 0 Å². The Labute approximate surface area is 187 Å². The number of anilines is 2. The molecule has 4 N–H and O–H groups in total. The summed E-state index contributed by atoms with van der Waals surface area (Å²) >= 11 is 1.16. The van der Waals surface area contributed by atoms with E-state index in [0.29, 0.717) is 16.8 Å². The topological polar surface area (TPSA) is 164 Å². The highest BCUT2D eigenvalue weighted by Crippen LogP contribution is 2.35. The van der Waals surface area contributed by atoms with Crippen molar-refractivity contribution in [2.45, 2.75) is 9.79 Å². The van der Waals surface area contributed by atoms with Crippen LogP contribution in [-0.2, 0) is 20.1 Å². The Morgan fingerprint density at radius 3 is 2.38 bits per heavy atom. The van der Waals surface area contributed by atoms with Crippen molar-refractivity contribution in [1.82, 2.24) is 4.98 Å². The first-order valence-corrected chi connectivity index (χ1v) is 12.7. The summed E-state index contributed by atoms with van der Waals surface area (Å²) in [6.07, 6.45) is 1.49. The number of benzene rings is 3. The highest BCUT2D eigenvalue weighted by molar-refractivity contribution is 7.93. The van der Waals surface area contributed by atoms with Crippen LogP contribution < -0.4 is 10.5 Å². The van der Waals surface area contributed by atoms with E-state index in [1.165, 1.54) is 48.7 Å². The molecule has 164 valence electrons. The van der Waals surface area contributed by atoms with Gasteiger partial charge in [-0.15, -0.1) is 16.5 Å². The van der Waals surface area contributed by atoms with E-state index in [-0.39, 0.29) is 26.0 Å². The van der Waals surface area contributed by atoms with Crippen molar-refractivity contribution in [3.05, 3.63) is 66.2 Å². The molecule has 13 heteroatoms. The minimum atomic E-state index is -4.49. The van der Waals surface area contributed by atoms with E-state index in [4.69, 9.17) is 5.73 Å². The monoisotopic (exact) mass is 489 g/mol. The fourth-order valence-corrected chi connectivity index (χ4v) is 5.46. The summed E-state index contributed by atoms with van der Waals surface area (Å²) < 4.78 is 60.1. The number of fused-ring (bicyclic) bond motifs is 1. The smallest absolute Gasteiger partial charge is 0.295 e. The van der Waals surface area contributed by atoms with E-state index in [2.05, 4.69) is 19.9 Å². The summed E-state index contributed by atoms with van der Waals surface area (Å²) in [7, 11) is -8.28. The molecule has 1 heterocycles. The molecular formula is C19H15N5O5S3. The first kappa shape index (κ1) is 21.8. The molecule has 32 heavy (non-hydrogen) atoms. The van der Waals surface area contributed by atoms with Crippen LogP contribution in [0.4, 0.5) is 22.2 Å². The highest BCUT2D eigenvalue weighted by atomic mass is 32.2. The number of nitrogen functional groups attached to an aromatic ring is 1. The van der Waals surface area contributed by atoms with Gasteiger partial charge < -0.3 is 5.73 Å². The molecule has 10 nitrogen and oxygen atoms in total. The minimum absolute atomic E-state index is 0.0300. The average molecular weight is 490 g/mol. The first-order valence-electron chi connectivity index (χ1n) is 8.88. The molecule has 3 aromatic carbocycles. The Hall–Kier alpha value is -3.39. The molecule has 0 spiro atoms. The Morgan fingerprint density at radius 2 is 1.72 bits per heavy atom. The molecule has 0 atom stereocenters. The molecule has 4 aromatic rings. The van der Waals surface area contributed by atoms with Crippen LogP contribution in [-0.4, -0.2) is 26.4 Å². The second-order valence-electron chi connectivity index (χ2n) is 6.46. The molecule has 0 bridgehead atoms. The van der Waals surface area contributed by atoms with Gasteiger partial charge in [-0.25, -0.2) is 13.4 Å². The Kier molecular flexibility index (Phi) is 5.64. The Bertz CT molecular complexity index is 1530. The van der Waals surface area contributed by atoms with Crippen molar-refractivity contribution >= 4 is 64.4 Å². The van der Waals surface area contributed by atoms with Crippen molar-refractivity contribution in [2.75, 3.05) is 10.5 Å². The van der Waals surface area contributed by atoms with Gasteiger partial charge in [-0.05, 0) is 42.5 Å². The van der Waals surface area contributed by atoms with E-state index in [1.807, 2.05) is 0 Å². The third-order valence-electron chi connectivity index (χ3n) is 4.36. The van der Waals surface area contributed by atoms with Crippen LogP contribution in [0.2, 0.25) is 0 Å². The SMILES string of the molecule is Nc1ccc(N=Nc2ccc(S(=O)(=O)Nc3nccs3)cc2)c2cccc(S(=O)(=O)O)c12. The van der Waals surface area contributed by atoms with Gasteiger partial charge in [0, 0.05) is 28.0 Å². The summed E-state index contributed by atoms with van der Waals surface area (Å²) in [6, 6.07) is 13.0. The van der Waals surface area contributed by atoms with Gasteiger partial charge in [-0.2, -0.15) is 13.5 Å². The number of nitrogens with zero attached hydrogens (tertiary/aromatic N) is 3. The van der Waals surface area contributed by atoms with Crippen molar-refractivity contribution in [3.63, 3.8) is 0 Å². The zero-order valence-corrected chi connectivity index (χ0v) is 18.5. The molecule has 0 fully saturated rings. The van der Waals surface area contributed by atoms with Crippen LogP contribution in [0.5, 0.6) is 0 Å². The number of nitrogens with two attached hydrogens (primary N) is 1.